The summed E-state index contributed by atoms with van der Waals surface area (Å²) in [6.45, 7) is 5.67. The van der Waals surface area contributed by atoms with Gasteiger partial charge in [0, 0.05) is 31.0 Å². The Hall–Kier alpha value is -1.39. The molecule has 0 spiro atoms. The van der Waals surface area contributed by atoms with Crippen LogP contribution in [-0.4, -0.2) is 42.8 Å². The highest BCUT2D eigenvalue weighted by Crippen LogP contribution is 2.24. The Labute approximate surface area is 163 Å². The average molecular weight is 379 g/mol. The number of carbonyl (C=O) groups excluding carboxylic acids is 2. The molecule has 0 atom stereocenters. The fourth-order valence-electron chi connectivity index (χ4n) is 4.00. The Morgan fingerprint density at radius 1 is 1.04 bits per heavy atom. The van der Waals surface area contributed by atoms with Crippen LogP contribution in [0.5, 0.6) is 0 Å². The van der Waals surface area contributed by atoms with Crippen LogP contribution in [0.1, 0.15) is 54.4 Å². The van der Waals surface area contributed by atoms with Gasteiger partial charge in [0.05, 0.1) is 0 Å². The molecule has 2 heterocycles. The number of piperidine rings is 2. The number of ketones is 1. The van der Waals surface area contributed by atoms with E-state index in [1.165, 1.54) is 18.4 Å². The minimum atomic E-state index is 0. The number of likely N-dealkylation sites (tertiary alicyclic amines) is 1. The molecule has 0 saturated carbocycles. The number of amides is 1. The van der Waals surface area contributed by atoms with Crippen LogP contribution < -0.4 is 5.32 Å². The molecule has 0 bridgehead atoms. The van der Waals surface area contributed by atoms with Gasteiger partial charge in [-0.15, -0.1) is 12.4 Å². The van der Waals surface area contributed by atoms with Crippen molar-refractivity contribution in [3.63, 3.8) is 0 Å². The van der Waals surface area contributed by atoms with Crippen molar-refractivity contribution < 1.29 is 9.59 Å². The van der Waals surface area contributed by atoms with Gasteiger partial charge in [-0.05, 0) is 58.0 Å². The van der Waals surface area contributed by atoms with Crippen LogP contribution in [0.2, 0.25) is 0 Å². The van der Waals surface area contributed by atoms with Gasteiger partial charge in [0.15, 0.2) is 5.78 Å². The summed E-state index contributed by atoms with van der Waals surface area (Å²) in [6.07, 6.45) is 5.67. The molecule has 3 rings (SSSR count). The maximum absolute atomic E-state index is 12.6. The molecular weight excluding hydrogens is 348 g/mol. The Morgan fingerprint density at radius 3 is 2.27 bits per heavy atom. The van der Waals surface area contributed by atoms with E-state index >= 15 is 0 Å². The molecule has 144 valence electrons. The van der Waals surface area contributed by atoms with Crippen LogP contribution in [0.4, 0.5) is 0 Å². The lowest BCUT2D eigenvalue weighted by atomic mass is 9.88. The van der Waals surface area contributed by atoms with Crippen molar-refractivity contribution in [3.8, 4) is 0 Å². The second-order valence-electron chi connectivity index (χ2n) is 7.62. The van der Waals surface area contributed by atoms with Gasteiger partial charge in [0.25, 0.3) is 0 Å². The van der Waals surface area contributed by atoms with Crippen molar-refractivity contribution in [1.82, 2.24) is 10.2 Å². The van der Waals surface area contributed by atoms with Gasteiger partial charge >= 0.3 is 0 Å². The van der Waals surface area contributed by atoms with Crippen LogP contribution in [0.15, 0.2) is 24.3 Å². The van der Waals surface area contributed by atoms with E-state index in [0.29, 0.717) is 12.3 Å². The molecule has 2 aliphatic rings. The number of nitrogens with zero attached hydrogens (tertiary/aromatic N) is 1. The molecule has 2 fully saturated rings. The first kappa shape index (κ1) is 20.9. The maximum atomic E-state index is 12.6. The molecule has 1 amide bonds. The SMILES string of the molecule is Cc1ccc(C(=O)C2CCN(C(=O)CCC3CCNCC3)CC2)cc1.Cl. The second kappa shape index (κ2) is 10.1. The Bertz CT molecular complexity index is 589. The third kappa shape index (κ3) is 5.55. The second-order valence-corrected chi connectivity index (χ2v) is 7.62. The number of rotatable bonds is 5. The number of Topliss-reactive ketones (excluding diaryl/α,β-unsaturated/α-hetero) is 1. The van der Waals surface area contributed by atoms with E-state index in [0.717, 1.165) is 51.0 Å². The molecule has 0 unspecified atom stereocenters. The zero-order valence-electron chi connectivity index (χ0n) is 15.7. The first-order valence-corrected chi connectivity index (χ1v) is 9.73. The molecule has 0 radical (unpaired) electrons. The lowest BCUT2D eigenvalue weighted by Crippen LogP contribution is -2.40. The Morgan fingerprint density at radius 2 is 1.65 bits per heavy atom. The number of halogens is 1. The quantitative estimate of drug-likeness (QED) is 0.796. The van der Waals surface area contributed by atoms with Gasteiger partial charge in [0.2, 0.25) is 5.91 Å². The highest BCUT2D eigenvalue weighted by Gasteiger charge is 2.28. The van der Waals surface area contributed by atoms with Gasteiger partial charge in [-0.3, -0.25) is 9.59 Å². The predicted octanol–water partition coefficient (Wildman–Crippen LogP) is 3.62. The lowest BCUT2D eigenvalue weighted by Gasteiger charge is -2.32. The van der Waals surface area contributed by atoms with Crippen molar-refractivity contribution in [2.45, 2.75) is 45.4 Å². The van der Waals surface area contributed by atoms with Gasteiger partial charge in [-0.2, -0.15) is 0 Å². The predicted molar refractivity (Wildman–Crippen MR) is 107 cm³/mol. The fourth-order valence-corrected chi connectivity index (χ4v) is 4.00. The van der Waals surface area contributed by atoms with E-state index in [9.17, 15) is 9.59 Å². The Kier molecular flexibility index (Phi) is 8.11. The summed E-state index contributed by atoms with van der Waals surface area (Å²) in [7, 11) is 0. The fraction of sp³-hybridized carbons (Fsp3) is 0.619. The van der Waals surface area contributed by atoms with Gasteiger partial charge in [0.1, 0.15) is 0 Å². The van der Waals surface area contributed by atoms with Crippen LogP contribution in [0, 0.1) is 18.8 Å². The molecule has 5 heteroatoms. The number of carbonyl (C=O) groups is 2. The first-order chi connectivity index (χ1) is 12.1. The summed E-state index contributed by atoms with van der Waals surface area (Å²) in [6, 6.07) is 7.84. The zero-order valence-corrected chi connectivity index (χ0v) is 16.5. The van der Waals surface area contributed by atoms with E-state index in [1.54, 1.807) is 0 Å². The normalized spacial score (nSPS) is 19.0. The highest BCUT2D eigenvalue weighted by molar-refractivity contribution is 5.98. The number of benzene rings is 1. The van der Waals surface area contributed by atoms with Gasteiger partial charge in [-0.25, -0.2) is 0 Å². The molecule has 26 heavy (non-hydrogen) atoms. The number of nitrogens with one attached hydrogen (secondary N) is 1. The van der Waals surface area contributed by atoms with Crippen LogP contribution in [0.3, 0.4) is 0 Å². The van der Waals surface area contributed by atoms with Crippen molar-refractivity contribution in [3.05, 3.63) is 35.4 Å². The monoisotopic (exact) mass is 378 g/mol. The van der Waals surface area contributed by atoms with E-state index in [4.69, 9.17) is 0 Å². The molecule has 0 aliphatic carbocycles. The number of hydrogen-bond acceptors (Lipinski definition) is 3. The van der Waals surface area contributed by atoms with Crippen molar-refractivity contribution in [1.29, 1.82) is 0 Å². The average Bonchev–Trinajstić information content (AvgIpc) is 2.67. The lowest BCUT2D eigenvalue weighted by molar-refractivity contribution is -0.132. The van der Waals surface area contributed by atoms with Crippen LogP contribution in [0.25, 0.3) is 0 Å². The maximum Gasteiger partial charge on any atom is 0.222 e. The third-order valence-corrected chi connectivity index (χ3v) is 5.78. The molecular formula is C21H31ClN2O2. The molecule has 1 aromatic carbocycles. The summed E-state index contributed by atoms with van der Waals surface area (Å²) in [5.74, 6) is 1.28. The summed E-state index contributed by atoms with van der Waals surface area (Å²) in [4.78, 5) is 27.0. The summed E-state index contributed by atoms with van der Waals surface area (Å²) < 4.78 is 0. The smallest absolute Gasteiger partial charge is 0.222 e. The molecule has 2 saturated heterocycles. The summed E-state index contributed by atoms with van der Waals surface area (Å²) >= 11 is 0. The van der Waals surface area contributed by atoms with Crippen molar-refractivity contribution in [2.75, 3.05) is 26.2 Å². The summed E-state index contributed by atoms with van der Waals surface area (Å²) in [5, 5.41) is 3.37. The third-order valence-electron chi connectivity index (χ3n) is 5.78. The highest BCUT2D eigenvalue weighted by atomic mass is 35.5. The first-order valence-electron chi connectivity index (χ1n) is 9.73. The number of aryl methyl sites for hydroxylation is 1. The van der Waals surface area contributed by atoms with E-state index < -0.39 is 0 Å². The zero-order chi connectivity index (χ0) is 17.6. The topological polar surface area (TPSA) is 49.4 Å². The molecule has 1 aromatic rings. The Balaban J connectivity index is 0.00000243. The molecule has 0 aromatic heterocycles. The molecule has 1 N–H and O–H groups in total. The van der Waals surface area contributed by atoms with Crippen LogP contribution >= 0.6 is 12.4 Å². The van der Waals surface area contributed by atoms with Crippen molar-refractivity contribution >= 4 is 24.1 Å². The largest absolute Gasteiger partial charge is 0.343 e. The number of hydrogen-bond donors (Lipinski definition) is 1. The summed E-state index contributed by atoms with van der Waals surface area (Å²) in [5.41, 5.74) is 1.98. The van der Waals surface area contributed by atoms with E-state index in [-0.39, 0.29) is 30.0 Å². The minimum Gasteiger partial charge on any atom is -0.343 e. The molecule has 4 nitrogen and oxygen atoms in total. The van der Waals surface area contributed by atoms with Crippen LogP contribution in [-0.2, 0) is 4.79 Å². The van der Waals surface area contributed by atoms with E-state index in [2.05, 4.69) is 5.32 Å². The van der Waals surface area contributed by atoms with Crippen molar-refractivity contribution in [2.24, 2.45) is 11.8 Å². The minimum absolute atomic E-state index is 0. The van der Waals surface area contributed by atoms with Gasteiger partial charge in [-0.1, -0.05) is 29.8 Å². The van der Waals surface area contributed by atoms with E-state index in [1.807, 2.05) is 36.1 Å². The standard InChI is InChI=1S/C21H30N2O2.ClH/c1-16-2-5-18(6-3-16)21(25)19-10-14-23(15-11-19)20(24)7-4-17-8-12-22-13-9-17;/h2-3,5-6,17,19,22H,4,7-15H2,1H3;1H. The van der Waals surface area contributed by atoms with Gasteiger partial charge < -0.3 is 10.2 Å². The molecule has 2 aliphatic heterocycles.